The molecule has 2 aliphatic rings. The second-order valence-electron chi connectivity index (χ2n) is 6.02. The van der Waals surface area contributed by atoms with Crippen LogP contribution in [0.4, 0.5) is 0 Å². The average molecular weight is 245 g/mol. The predicted molar refractivity (Wildman–Crippen MR) is 74.1 cm³/mol. The SMILES string of the molecule is Cc1ccc(C2(C3CCNC3)COC2)c(C)c1C. The van der Waals surface area contributed by atoms with Gasteiger partial charge in [-0.05, 0) is 68.5 Å². The number of aryl methyl sites for hydroxylation is 1. The van der Waals surface area contributed by atoms with Crippen LogP contribution in [-0.4, -0.2) is 26.3 Å². The molecule has 1 unspecified atom stereocenters. The molecule has 2 heteroatoms. The molecule has 1 atom stereocenters. The molecule has 0 saturated carbocycles. The molecule has 18 heavy (non-hydrogen) atoms. The molecular formula is C16H23NO. The Balaban J connectivity index is 2.04. The standard InChI is InChI=1S/C16H23NO/c1-11-4-5-15(13(3)12(11)2)16(9-18-10-16)14-6-7-17-8-14/h4-5,14,17H,6-10H2,1-3H3. The lowest BCUT2D eigenvalue weighted by atomic mass is 9.66. The van der Waals surface area contributed by atoms with E-state index in [4.69, 9.17) is 4.74 Å². The fraction of sp³-hybridized carbons (Fsp3) is 0.625. The van der Waals surface area contributed by atoms with Crippen molar-refractivity contribution in [3.63, 3.8) is 0 Å². The van der Waals surface area contributed by atoms with Gasteiger partial charge in [-0.25, -0.2) is 0 Å². The summed E-state index contributed by atoms with van der Waals surface area (Å²) in [4.78, 5) is 0. The highest BCUT2D eigenvalue weighted by molar-refractivity contribution is 5.44. The topological polar surface area (TPSA) is 21.3 Å². The maximum absolute atomic E-state index is 5.60. The molecule has 1 N–H and O–H groups in total. The number of benzene rings is 1. The third-order valence-corrected chi connectivity index (χ3v) is 5.16. The van der Waals surface area contributed by atoms with Crippen molar-refractivity contribution in [2.45, 2.75) is 32.6 Å². The van der Waals surface area contributed by atoms with Gasteiger partial charge < -0.3 is 10.1 Å². The first kappa shape index (κ1) is 12.2. The molecule has 1 aromatic rings. The van der Waals surface area contributed by atoms with Crippen molar-refractivity contribution >= 4 is 0 Å². The Labute approximate surface area is 110 Å². The van der Waals surface area contributed by atoms with Gasteiger partial charge in [0.1, 0.15) is 0 Å². The van der Waals surface area contributed by atoms with Gasteiger partial charge in [-0.2, -0.15) is 0 Å². The van der Waals surface area contributed by atoms with Crippen LogP contribution in [0.3, 0.4) is 0 Å². The van der Waals surface area contributed by atoms with Crippen molar-refractivity contribution in [1.82, 2.24) is 5.32 Å². The molecular weight excluding hydrogens is 222 g/mol. The Morgan fingerprint density at radius 2 is 1.94 bits per heavy atom. The number of nitrogens with one attached hydrogen (secondary N) is 1. The molecule has 0 bridgehead atoms. The normalized spacial score (nSPS) is 26.1. The van der Waals surface area contributed by atoms with Gasteiger partial charge in [0.05, 0.1) is 13.2 Å². The van der Waals surface area contributed by atoms with Gasteiger partial charge in [-0.1, -0.05) is 12.1 Å². The van der Waals surface area contributed by atoms with E-state index in [1.54, 1.807) is 0 Å². The molecule has 0 spiro atoms. The van der Waals surface area contributed by atoms with E-state index in [-0.39, 0.29) is 5.41 Å². The van der Waals surface area contributed by atoms with Crippen LogP contribution in [0, 0.1) is 26.7 Å². The minimum atomic E-state index is 0.284. The lowest BCUT2D eigenvalue weighted by molar-refractivity contribution is -0.0872. The summed E-state index contributed by atoms with van der Waals surface area (Å²) in [6.45, 7) is 10.8. The number of ether oxygens (including phenoxy) is 1. The summed E-state index contributed by atoms with van der Waals surface area (Å²) in [7, 11) is 0. The lowest BCUT2D eigenvalue weighted by Gasteiger charge is -2.47. The van der Waals surface area contributed by atoms with Crippen molar-refractivity contribution in [3.8, 4) is 0 Å². The second kappa shape index (κ2) is 4.36. The van der Waals surface area contributed by atoms with Crippen LogP contribution in [0.5, 0.6) is 0 Å². The minimum Gasteiger partial charge on any atom is -0.379 e. The maximum Gasteiger partial charge on any atom is 0.0588 e. The molecule has 1 aromatic carbocycles. The van der Waals surface area contributed by atoms with Crippen molar-refractivity contribution < 1.29 is 4.74 Å². The van der Waals surface area contributed by atoms with E-state index in [9.17, 15) is 0 Å². The van der Waals surface area contributed by atoms with Gasteiger partial charge in [0, 0.05) is 5.41 Å². The highest BCUT2D eigenvalue weighted by Crippen LogP contribution is 2.44. The predicted octanol–water partition coefficient (Wildman–Crippen LogP) is 2.49. The van der Waals surface area contributed by atoms with E-state index in [0.717, 1.165) is 32.2 Å². The van der Waals surface area contributed by atoms with E-state index < -0.39 is 0 Å². The maximum atomic E-state index is 5.60. The average Bonchev–Trinajstić information content (AvgIpc) is 2.81. The number of rotatable bonds is 2. The molecule has 2 saturated heterocycles. The summed E-state index contributed by atoms with van der Waals surface area (Å²) < 4.78 is 5.60. The zero-order valence-electron chi connectivity index (χ0n) is 11.7. The highest BCUT2D eigenvalue weighted by Gasteiger charge is 2.48. The molecule has 2 nitrogen and oxygen atoms in total. The Kier molecular flexibility index (Phi) is 2.95. The smallest absolute Gasteiger partial charge is 0.0588 e. The quantitative estimate of drug-likeness (QED) is 0.864. The van der Waals surface area contributed by atoms with Crippen molar-refractivity contribution in [2.75, 3.05) is 26.3 Å². The van der Waals surface area contributed by atoms with Gasteiger partial charge in [-0.15, -0.1) is 0 Å². The van der Waals surface area contributed by atoms with Crippen LogP contribution in [0.1, 0.15) is 28.7 Å². The van der Waals surface area contributed by atoms with Crippen molar-refractivity contribution in [3.05, 3.63) is 34.4 Å². The van der Waals surface area contributed by atoms with Crippen LogP contribution < -0.4 is 5.32 Å². The van der Waals surface area contributed by atoms with E-state index in [1.165, 1.54) is 28.7 Å². The fourth-order valence-corrected chi connectivity index (χ4v) is 3.55. The Hall–Kier alpha value is -0.860. The van der Waals surface area contributed by atoms with Gasteiger partial charge in [0.2, 0.25) is 0 Å². The molecule has 0 aliphatic carbocycles. The monoisotopic (exact) mass is 245 g/mol. The zero-order valence-corrected chi connectivity index (χ0v) is 11.7. The molecule has 0 radical (unpaired) electrons. The summed E-state index contributed by atoms with van der Waals surface area (Å²) in [5.41, 5.74) is 6.14. The zero-order chi connectivity index (χ0) is 12.8. The van der Waals surface area contributed by atoms with Crippen molar-refractivity contribution in [2.24, 2.45) is 5.92 Å². The van der Waals surface area contributed by atoms with Crippen LogP contribution in [0.25, 0.3) is 0 Å². The van der Waals surface area contributed by atoms with Crippen molar-refractivity contribution in [1.29, 1.82) is 0 Å². The van der Waals surface area contributed by atoms with E-state index in [1.807, 2.05) is 0 Å². The first-order valence-corrected chi connectivity index (χ1v) is 7.01. The second-order valence-corrected chi connectivity index (χ2v) is 6.02. The number of hydrogen-bond donors (Lipinski definition) is 1. The van der Waals surface area contributed by atoms with E-state index in [0.29, 0.717) is 0 Å². The first-order chi connectivity index (χ1) is 8.65. The Bertz CT molecular complexity index is 456. The van der Waals surface area contributed by atoms with E-state index >= 15 is 0 Å². The van der Waals surface area contributed by atoms with E-state index in [2.05, 4.69) is 38.2 Å². The van der Waals surface area contributed by atoms with Crippen LogP contribution in [-0.2, 0) is 10.2 Å². The third-order valence-electron chi connectivity index (χ3n) is 5.16. The van der Waals surface area contributed by atoms with Crippen LogP contribution in [0.15, 0.2) is 12.1 Å². The Morgan fingerprint density at radius 3 is 2.50 bits per heavy atom. The Morgan fingerprint density at radius 1 is 1.17 bits per heavy atom. The first-order valence-electron chi connectivity index (χ1n) is 7.01. The fourth-order valence-electron chi connectivity index (χ4n) is 3.55. The summed E-state index contributed by atoms with van der Waals surface area (Å²) in [6.07, 6.45) is 1.29. The van der Waals surface area contributed by atoms with Crippen LogP contribution >= 0.6 is 0 Å². The molecule has 2 heterocycles. The van der Waals surface area contributed by atoms with Gasteiger partial charge >= 0.3 is 0 Å². The van der Waals surface area contributed by atoms with Gasteiger partial charge in [0.15, 0.2) is 0 Å². The third kappa shape index (κ3) is 1.63. The molecule has 3 rings (SSSR count). The largest absolute Gasteiger partial charge is 0.379 e. The minimum absolute atomic E-state index is 0.284. The molecule has 0 amide bonds. The molecule has 0 aromatic heterocycles. The van der Waals surface area contributed by atoms with Crippen LogP contribution in [0.2, 0.25) is 0 Å². The molecule has 2 aliphatic heterocycles. The molecule has 98 valence electrons. The summed E-state index contributed by atoms with van der Waals surface area (Å²) >= 11 is 0. The summed E-state index contributed by atoms with van der Waals surface area (Å²) in [6, 6.07) is 4.62. The summed E-state index contributed by atoms with van der Waals surface area (Å²) in [5, 5.41) is 3.51. The molecule has 2 fully saturated rings. The highest BCUT2D eigenvalue weighted by atomic mass is 16.5. The van der Waals surface area contributed by atoms with Gasteiger partial charge in [0.25, 0.3) is 0 Å². The number of hydrogen-bond acceptors (Lipinski definition) is 2. The van der Waals surface area contributed by atoms with Gasteiger partial charge in [-0.3, -0.25) is 0 Å². The lowest BCUT2D eigenvalue weighted by Crippen LogP contribution is -2.53. The summed E-state index contributed by atoms with van der Waals surface area (Å²) in [5.74, 6) is 0.743.